The SMILES string of the molecule is NC(=S)NC[C@H]1CN(c2ccc(N3CCCS(=O)(=O)CC3)c(F)c2)C(=O)O1. The second-order valence-corrected chi connectivity index (χ2v) is 9.23. The van der Waals surface area contributed by atoms with E-state index in [9.17, 15) is 17.6 Å². The summed E-state index contributed by atoms with van der Waals surface area (Å²) in [6.07, 6.45) is -0.560. The molecule has 1 amide bonds. The van der Waals surface area contributed by atoms with Crippen LogP contribution < -0.4 is 20.9 Å². The first-order chi connectivity index (χ1) is 12.7. The summed E-state index contributed by atoms with van der Waals surface area (Å²) in [7, 11) is -3.08. The fourth-order valence-corrected chi connectivity index (χ4v) is 4.51. The van der Waals surface area contributed by atoms with Gasteiger partial charge in [-0.05, 0) is 36.8 Å². The predicted molar refractivity (Wildman–Crippen MR) is 104 cm³/mol. The van der Waals surface area contributed by atoms with Gasteiger partial charge >= 0.3 is 6.09 Å². The van der Waals surface area contributed by atoms with Gasteiger partial charge < -0.3 is 20.7 Å². The fourth-order valence-electron chi connectivity index (χ4n) is 3.15. The third-order valence-electron chi connectivity index (χ3n) is 4.52. The molecule has 2 heterocycles. The van der Waals surface area contributed by atoms with E-state index in [1.165, 1.54) is 11.0 Å². The number of thiocarbonyl (C=S) groups is 1. The Bertz CT molecular complexity index is 849. The second kappa shape index (κ2) is 7.85. The lowest BCUT2D eigenvalue weighted by Crippen LogP contribution is -2.37. The second-order valence-electron chi connectivity index (χ2n) is 6.49. The molecule has 2 saturated heterocycles. The summed E-state index contributed by atoms with van der Waals surface area (Å²) in [5.74, 6) is -0.390. The molecule has 1 atom stereocenters. The molecule has 2 aliphatic heterocycles. The van der Waals surface area contributed by atoms with Gasteiger partial charge in [0.1, 0.15) is 11.9 Å². The number of carbonyl (C=O) groups is 1. The standard InChI is InChI=1S/C16H21FN4O4S2/c17-13-8-11(21-10-12(25-16(21)22)9-19-15(18)26)2-3-14(13)20-4-1-6-27(23,24)7-5-20/h2-3,8,12H,1,4-7,9-10H2,(H3,18,19,26)/t12-/m0/s1. The number of halogens is 1. The molecule has 0 radical (unpaired) electrons. The highest BCUT2D eigenvalue weighted by Gasteiger charge is 2.33. The van der Waals surface area contributed by atoms with Crippen molar-refractivity contribution in [2.24, 2.45) is 5.73 Å². The monoisotopic (exact) mass is 416 g/mol. The van der Waals surface area contributed by atoms with Gasteiger partial charge in [0.05, 0.1) is 36.0 Å². The number of nitrogens with zero attached hydrogens (tertiary/aromatic N) is 2. The van der Waals surface area contributed by atoms with Crippen LogP contribution in [-0.4, -0.2) is 63.4 Å². The van der Waals surface area contributed by atoms with Crippen molar-refractivity contribution >= 4 is 44.6 Å². The normalized spacial score (nSPS) is 22.3. The maximum Gasteiger partial charge on any atom is 0.414 e. The van der Waals surface area contributed by atoms with Crippen molar-refractivity contribution in [2.75, 3.05) is 47.5 Å². The Morgan fingerprint density at radius 3 is 2.85 bits per heavy atom. The Morgan fingerprint density at radius 1 is 1.37 bits per heavy atom. The maximum absolute atomic E-state index is 14.7. The lowest BCUT2D eigenvalue weighted by Gasteiger charge is -2.23. The summed E-state index contributed by atoms with van der Waals surface area (Å²) in [6.45, 7) is 1.24. The predicted octanol–water partition coefficient (Wildman–Crippen LogP) is 0.609. The molecule has 27 heavy (non-hydrogen) atoms. The number of nitrogens with one attached hydrogen (secondary N) is 1. The molecule has 0 saturated carbocycles. The number of sulfone groups is 1. The number of anilines is 2. The van der Waals surface area contributed by atoms with Crippen LogP contribution in [-0.2, 0) is 14.6 Å². The molecule has 8 nitrogen and oxygen atoms in total. The average molecular weight is 417 g/mol. The highest BCUT2D eigenvalue weighted by molar-refractivity contribution is 7.91. The molecular formula is C16H21FN4O4S2. The summed E-state index contributed by atoms with van der Waals surface area (Å²) in [5.41, 5.74) is 6.07. The number of cyclic esters (lactones) is 1. The Hall–Kier alpha value is -2.14. The highest BCUT2D eigenvalue weighted by Crippen LogP contribution is 2.28. The first kappa shape index (κ1) is 19.6. The van der Waals surface area contributed by atoms with Gasteiger partial charge in [-0.2, -0.15) is 0 Å². The van der Waals surface area contributed by atoms with E-state index in [1.54, 1.807) is 17.0 Å². The van der Waals surface area contributed by atoms with E-state index < -0.39 is 27.9 Å². The number of ether oxygens (including phenoxy) is 1. The van der Waals surface area contributed by atoms with Gasteiger partial charge in [0.25, 0.3) is 0 Å². The molecule has 3 N–H and O–H groups in total. The van der Waals surface area contributed by atoms with Crippen LogP contribution in [0.15, 0.2) is 18.2 Å². The minimum atomic E-state index is -3.08. The van der Waals surface area contributed by atoms with Crippen LogP contribution in [0.3, 0.4) is 0 Å². The van der Waals surface area contributed by atoms with Crippen molar-refractivity contribution in [2.45, 2.75) is 12.5 Å². The fraction of sp³-hybridized carbons (Fsp3) is 0.500. The van der Waals surface area contributed by atoms with Crippen LogP contribution in [0.25, 0.3) is 0 Å². The molecule has 1 aromatic rings. The number of hydrogen-bond acceptors (Lipinski definition) is 6. The van der Waals surface area contributed by atoms with Crippen molar-refractivity contribution in [3.63, 3.8) is 0 Å². The van der Waals surface area contributed by atoms with Gasteiger partial charge in [-0.3, -0.25) is 4.90 Å². The largest absolute Gasteiger partial charge is 0.442 e. The zero-order chi connectivity index (χ0) is 19.6. The van der Waals surface area contributed by atoms with Crippen LogP contribution in [0.5, 0.6) is 0 Å². The zero-order valence-electron chi connectivity index (χ0n) is 14.6. The minimum Gasteiger partial charge on any atom is -0.442 e. The van der Waals surface area contributed by atoms with Crippen LogP contribution in [0.4, 0.5) is 20.6 Å². The molecule has 3 rings (SSSR count). The van der Waals surface area contributed by atoms with Crippen LogP contribution in [0, 0.1) is 5.82 Å². The van der Waals surface area contributed by atoms with E-state index >= 15 is 0 Å². The average Bonchev–Trinajstić information content (AvgIpc) is 2.87. The van der Waals surface area contributed by atoms with Crippen molar-refractivity contribution in [1.29, 1.82) is 0 Å². The molecule has 0 aliphatic carbocycles. The van der Waals surface area contributed by atoms with Gasteiger partial charge in [-0.15, -0.1) is 0 Å². The third-order valence-corrected chi connectivity index (χ3v) is 6.38. The van der Waals surface area contributed by atoms with Gasteiger partial charge in [-0.25, -0.2) is 17.6 Å². The quantitative estimate of drug-likeness (QED) is 0.688. The van der Waals surface area contributed by atoms with E-state index in [-0.39, 0.29) is 36.3 Å². The molecule has 0 spiro atoms. The number of benzene rings is 1. The molecule has 148 valence electrons. The third kappa shape index (κ3) is 4.78. The Morgan fingerprint density at radius 2 is 2.15 bits per heavy atom. The number of carbonyl (C=O) groups excluding carboxylic acids is 1. The maximum atomic E-state index is 14.7. The zero-order valence-corrected chi connectivity index (χ0v) is 16.2. The Balaban J connectivity index is 1.71. The van der Waals surface area contributed by atoms with Gasteiger partial charge in [0, 0.05) is 13.1 Å². The first-order valence-corrected chi connectivity index (χ1v) is 10.7. The van der Waals surface area contributed by atoms with E-state index in [2.05, 4.69) is 5.32 Å². The van der Waals surface area contributed by atoms with Crippen LogP contribution >= 0.6 is 12.2 Å². The Kier molecular flexibility index (Phi) is 5.70. The highest BCUT2D eigenvalue weighted by atomic mass is 32.2. The van der Waals surface area contributed by atoms with E-state index in [4.69, 9.17) is 22.7 Å². The molecule has 0 unspecified atom stereocenters. The smallest absolute Gasteiger partial charge is 0.414 e. The summed E-state index contributed by atoms with van der Waals surface area (Å²) in [6, 6.07) is 4.46. The minimum absolute atomic E-state index is 0.00429. The Labute approximate surface area is 162 Å². The molecule has 1 aromatic carbocycles. The molecule has 0 bridgehead atoms. The van der Waals surface area contributed by atoms with E-state index in [0.29, 0.717) is 24.3 Å². The number of amides is 1. The van der Waals surface area contributed by atoms with Crippen LogP contribution in [0.2, 0.25) is 0 Å². The van der Waals surface area contributed by atoms with Gasteiger partial charge in [-0.1, -0.05) is 0 Å². The van der Waals surface area contributed by atoms with Crippen molar-refractivity contribution < 1.29 is 22.3 Å². The number of nitrogens with two attached hydrogens (primary N) is 1. The molecular weight excluding hydrogens is 395 g/mol. The lowest BCUT2D eigenvalue weighted by molar-refractivity contribution is 0.143. The van der Waals surface area contributed by atoms with Gasteiger partial charge in [0.15, 0.2) is 14.9 Å². The molecule has 2 fully saturated rings. The van der Waals surface area contributed by atoms with E-state index in [0.717, 1.165) is 0 Å². The summed E-state index contributed by atoms with van der Waals surface area (Å²) in [4.78, 5) is 15.1. The molecule has 2 aliphatic rings. The number of rotatable bonds is 4. The lowest BCUT2D eigenvalue weighted by atomic mass is 10.2. The van der Waals surface area contributed by atoms with Gasteiger partial charge in [0.2, 0.25) is 0 Å². The summed E-state index contributed by atoms with van der Waals surface area (Å²) in [5, 5.41) is 2.84. The first-order valence-electron chi connectivity index (χ1n) is 8.51. The van der Waals surface area contributed by atoms with Crippen molar-refractivity contribution in [3.05, 3.63) is 24.0 Å². The summed E-state index contributed by atoms with van der Waals surface area (Å²) >= 11 is 4.72. The molecule has 0 aromatic heterocycles. The number of hydrogen-bond donors (Lipinski definition) is 2. The van der Waals surface area contributed by atoms with E-state index in [1.807, 2.05) is 0 Å². The molecule has 11 heteroatoms. The van der Waals surface area contributed by atoms with Crippen molar-refractivity contribution in [3.8, 4) is 0 Å². The van der Waals surface area contributed by atoms with Crippen LogP contribution in [0.1, 0.15) is 6.42 Å². The topological polar surface area (TPSA) is 105 Å². The van der Waals surface area contributed by atoms with Crippen molar-refractivity contribution in [1.82, 2.24) is 5.32 Å². The summed E-state index contributed by atoms with van der Waals surface area (Å²) < 4.78 is 43.3.